The Morgan fingerprint density at radius 1 is 1.20 bits per heavy atom. The molecule has 0 aliphatic heterocycles. The SMILES string of the molecule is O=C(COC(=O)C1CC2C=CC1C2)c1ccccc1Br. The van der Waals surface area contributed by atoms with Gasteiger partial charge in [0.1, 0.15) is 0 Å². The van der Waals surface area contributed by atoms with Crippen molar-refractivity contribution in [2.45, 2.75) is 12.8 Å². The highest BCUT2D eigenvalue weighted by Gasteiger charge is 2.40. The van der Waals surface area contributed by atoms with Crippen LogP contribution in [0.5, 0.6) is 0 Å². The summed E-state index contributed by atoms with van der Waals surface area (Å²) in [6.45, 7) is -0.182. The van der Waals surface area contributed by atoms with E-state index in [1.165, 1.54) is 0 Å². The standard InChI is InChI=1S/C16H15BrO3/c17-14-4-2-1-3-12(14)15(18)9-20-16(19)13-8-10-5-6-11(13)7-10/h1-6,10-11,13H,7-9H2. The quantitative estimate of drug-likeness (QED) is 0.481. The van der Waals surface area contributed by atoms with Gasteiger partial charge in [0, 0.05) is 10.0 Å². The zero-order valence-electron chi connectivity index (χ0n) is 10.9. The van der Waals surface area contributed by atoms with Gasteiger partial charge in [0.05, 0.1) is 5.92 Å². The average molecular weight is 335 g/mol. The zero-order valence-corrected chi connectivity index (χ0v) is 12.5. The summed E-state index contributed by atoms with van der Waals surface area (Å²) in [6.07, 6.45) is 6.21. The summed E-state index contributed by atoms with van der Waals surface area (Å²) in [5, 5.41) is 0. The molecular weight excluding hydrogens is 320 g/mol. The molecule has 0 heterocycles. The van der Waals surface area contributed by atoms with Crippen molar-refractivity contribution in [1.29, 1.82) is 0 Å². The van der Waals surface area contributed by atoms with E-state index in [1.807, 2.05) is 6.07 Å². The van der Waals surface area contributed by atoms with Crippen LogP contribution in [0.1, 0.15) is 23.2 Å². The Bertz CT molecular complexity index is 579. The highest BCUT2D eigenvalue weighted by molar-refractivity contribution is 9.10. The molecule has 2 aliphatic carbocycles. The zero-order chi connectivity index (χ0) is 14.1. The van der Waals surface area contributed by atoms with Crippen molar-refractivity contribution in [1.82, 2.24) is 0 Å². The Balaban J connectivity index is 1.57. The van der Waals surface area contributed by atoms with Gasteiger partial charge < -0.3 is 4.74 Å². The maximum atomic E-state index is 12.0. The maximum Gasteiger partial charge on any atom is 0.310 e. The molecule has 0 radical (unpaired) electrons. The van der Waals surface area contributed by atoms with Gasteiger partial charge in [0.25, 0.3) is 0 Å². The van der Waals surface area contributed by atoms with Gasteiger partial charge in [0.2, 0.25) is 5.78 Å². The Kier molecular flexibility index (Phi) is 3.74. The molecule has 0 amide bonds. The molecule has 2 aliphatic rings. The number of hydrogen-bond donors (Lipinski definition) is 0. The predicted octanol–water partition coefficient (Wildman–Crippen LogP) is 3.39. The normalized spacial score (nSPS) is 26.8. The summed E-state index contributed by atoms with van der Waals surface area (Å²) in [5.41, 5.74) is 0.549. The first kappa shape index (κ1) is 13.6. The Morgan fingerprint density at radius 3 is 2.65 bits per heavy atom. The van der Waals surface area contributed by atoms with E-state index in [-0.39, 0.29) is 24.3 Å². The molecule has 3 atom stereocenters. The van der Waals surface area contributed by atoms with Crippen LogP contribution in [0, 0.1) is 17.8 Å². The van der Waals surface area contributed by atoms with E-state index in [2.05, 4.69) is 28.1 Å². The van der Waals surface area contributed by atoms with Crippen LogP contribution >= 0.6 is 15.9 Å². The number of ketones is 1. The molecule has 4 heteroatoms. The van der Waals surface area contributed by atoms with E-state index in [1.54, 1.807) is 18.2 Å². The molecule has 1 aromatic carbocycles. The molecule has 20 heavy (non-hydrogen) atoms. The molecule has 2 bridgehead atoms. The number of fused-ring (bicyclic) bond motifs is 2. The topological polar surface area (TPSA) is 43.4 Å². The minimum atomic E-state index is -0.234. The molecule has 104 valence electrons. The van der Waals surface area contributed by atoms with Gasteiger partial charge >= 0.3 is 5.97 Å². The Morgan fingerprint density at radius 2 is 2.00 bits per heavy atom. The van der Waals surface area contributed by atoms with Gasteiger partial charge in [0.15, 0.2) is 6.61 Å². The fraction of sp³-hybridized carbons (Fsp3) is 0.375. The number of ether oxygens (including phenoxy) is 1. The van der Waals surface area contributed by atoms with Gasteiger partial charge in [-0.05, 0) is 30.7 Å². The third kappa shape index (κ3) is 2.57. The van der Waals surface area contributed by atoms with E-state index in [0.717, 1.165) is 17.3 Å². The Labute approximate surface area is 126 Å². The Hall–Kier alpha value is -1.42. The molecule has 1 fully saturated rings. The second-order valence-electron chi connectivity index (χ2n) is 5.40. The van der Waals surface area contributed by atoms with E-state index in [9.17, 15) is 9.59 Å². The van der Waals surface area contributed by atoms with E-state index >= 15 is 0 Å². The fourth-order valence-electron chi connectivity index (χ4n) is 3.06. The lowest BCUT2D eigenvalue weighted by Gasteiger charge is -2.16. The summed E-state index contributed by atoms with van der Waals surface area (Å²) in [7, 11) is 0. The van der Waals surface area contributed by atoms with Crippen LogP contribution in [0.25, 0.3) is 0 Å². The fourth-order valence-corrected chi connectivity index (χ4v) is 3.57. The van der Waals surface area contributed by atoms with Crippen molar-refractivity contribution in [2.75, 3.05) is 6.61 Å². The van der Waals surface area contributed by atoms with Crippen LogP contribution in [0.3, 0.4) is 0 Å². The van der Waals surface area contributed by atoms with Crippen LogP contribution in [-0.4, -0.2) is 18.4 Å². The highest BCUT2D eigenvalue weighted by Crippen LogP contribution is 2.43. The molecule has 0 N–H and O–H groups in total. The van der Waals surface area contributed by atoms with Gasteiger partial charge in [-0.25, -0.2) is 0 Å². The van der Waals surface area contributed by atoms with E-state index in [4.69, 9.17) is 4.74 Å². The molecule has 1 aromatic rings. The smallest absolute Gasteiger partial charge is 0.310 e. The molecular formula is C16H15BrO3. The summed E-state index contributed by atoms with van der Waals surface area (Å²) in [4.78, 5) is 24.1. The van der Waals surface area contributed by atoms with Gasteiger partial charge in [-0.2, -0.15) is 0 Å². The molecule has 3 nitrogen and oxygen atoms in total. The number of carbonyl (C=O) groups excluding carboxylic acids is 2. The minimum absolute atomic E-state index is 0.0583. The average Bonchev–Trinajstić information content (AvgIpc) is 3.07. The van der Waals surface area contributed by atoms with Crippen molar-refractivity contribution in [3.05, 3.63) is 46.5 Å². The van der Waals surface area contributed by atoms with Crippen molar-refractivity contribution in [3.63, 3.8) is 0 Å². The number of hydrogen-bond acceptors (Lipinski definition) is 3. The van der Waals surface area contributed by atoms with Crippen LogP contribution in [0.2, 0.25) is 0 Å². The van der Waals surface area contributed by atoms with Gasteiger partial charge in [-0.3, -0.25) is 9.59 Å². The van der Waals surface area contributed by atoms with E-state index in [0.29, 0.717) is 17.4 Å². The lowest BCUT2D eigenvalue weighted by atomic mass is 9.94. The first-order valence-electron chi connectivity index (χ1n) is 6.78. The molecule has 0 saturated heterocycles. The number of esters is 1. The first-order chi connectivity index (χ1) is 9.65. The lowest BCUT2D eigenvalue weighted by molar-refractivity contribution is -0.148. The van der Waals surface area contributed by atoms with Crippen LogP contribution in [0.15, 0.2) is 40.9 Å². The number of rotatable bonds is 4. The van der Waals surface area contributed by atoms with Gasteiger partial charge in [-0.1, -0.05) is 46.3 Å². The van der Waals surface area contributed by atoms with Crippen molar-refractivity contribution in [2.24, 2.45) is 17.8 Å². The summed E-state index contributed by atoms with van der Waals surface area (Å²) in [5.74, 6) is 0.367. The molecule has 3 rings (SSSR count). The number of allylic oxidation sites excluding steroid dienone is 2. The number of Topliss-reactive ketones (excluding diaryl/α,β-unsaturated/α-hetero) is 1. The van der Waals surface area contributed by atoms with Crippen LogP contribution in [0.4, 0.5) is 0 Å². The summed E-state index contributed by atoms with van der Waals surface area (Å²) in [6, 6.07) is 7.16. The second kappa shape index (κ2) is 5.52. The largest absolute Gasteiger partial charge is 0.457 e. The maximum absolute atomic E-state index is 12.0. The number of halogens is 1. The molecule has 0 spiro atoms. The number of benzene rings is 1. The predicted molar refractivity (Wildman–Crippen MR) is 78.3 cm³/mol. The highest BCUT2D eigenvalue weighted by atomic mass is 79.9. The second-order valence-corrected chi connectivity index (χ2v) is 6.25. The number of carbonyl (C=O) groups is 2. The van der Waals surface area contributed by atoms with Crippen molar-refractivity contribution < 1.29 is 14.3 Å². The summed E-state index contributed by atoms with van der Waals surface area (Å²) < 4.78 is 5.93. The lowest BCUT2D eigenvalue weighted by Crippen LogP contribution is -2.24. The van der Waals surface area contributed by atoms with Crippen LogP contribution < -0.4 is 0 Å². The first-order valence-corrected chi connectivity index (χ1v) is 7.57. The van der Waals surface area contributed by atoms with Gasteiger partial charge in [-0.15, -0.1) is 0 Å². The molecule has 0 aromatic heterocycles. The van der Waals surface area contributed by atoms with E-state index < -0.39 is 0 Å². The monoisotopic (exact) mass is 334 g/mol. The van der Waals surface area contributed by atoms with Crippen LogP contribution in [-0.2, 0) is 9.53 Å². The molecule has 1 saturated carbocycles. The van der Waals surface area contributed by atoms with Crippen molar-refractivity contribution >= 4 is 27.7 Å². The summed E-state index contributed by atoms with van der Waals surface area (Å²) >= 11 is 3.33. The third-order valence-electron chi connectivity index (χ3n) is 4.10. The minimum Gasteiger partial charge on any atom is -0.457 e. The van der Waals surface area contributed by atoms with Crippen molar-refractivity contribution in [3.8, 4) is 0 Å². The third-order valence-corrected chi connectivity index (χ3v) is 4.79. The molecule has 3 unspecified atom stereocenters.